The van der Waals surface area contributed by atoms with Gasteiger partial charge in [-0.3, -0.25) is 9.59 Å². The Labute approximate surface area is 131 Å². The third-order valence-electron chi connectivity index (χ3n) is 3.47. The minimum absolute atomic E-state index is 0. The van der Waals surface area contributed by atoms with Crippen LogP contribution in [0.25, 0.3) is 0 Å². The molecule has 0 aromatic heterocycles. The Morgan fingerprint density at radius 3 is 2.76 bits per heavy atom. The molecule has 1 saturated heterocycles. The van der Waals surface area contributed by atoms with Crippen molar-refractivity contribution in [3.63, 3.8) is 0 Å². The lowest BCUT2D eigenvalue weighted by molar-refractivity contribution is -0.117. The number of benzene rings is 1. The second-order valence-electron chi connectivity index (χ2n) is 5.03. The number of rotatable bonds is 4. The molecule has 3 N–H and O–H groups in total. The molecule has 1 aliphatic rings. The molecular weight excluding hydrogens is 290 g/mol. The molecule has 0 spiro atoms. The third-order valence-corrected chi connectivity index (χ3v) is 3.47. The normalized spacial score (nSPS) is 17.0. The highest BCUT2D eigenvalue weighted by molar-refractivity contribution is 5.99. The van der Waals surface area contributed by atoms with Gasteiger partial charge < -0.3 is 16.0 Å². The highest BCUT2D eigenvalue weighted by atomic mass is 35.5. The van der Waals surface area contributed by atoms with Crippen molar-refractivity contribution in [1.82, 2.24) is 10.6 Å². The zero-order chi connectivity index (χ0) is 14.5. The molecule has 0 radical (unpaired) electrons. The molecule has 2 rings (SSSR count). The Hall–Kier alpha value is -1.59. The summed E-state index contributed by atoms with van der Waals surface area (Å²) in [7, 11) is 0. The van der Waals surface area contributed by atoms with Crippen molar-refractivity contribution in [1.29, 1.82) is 0 Å². The molecule has 0 saturated carbocycles. The van der Waals surface area contributed by atoms with Crippen LogP contribution in [-0.2, 0) is 4.79 Å². The number of carbonyl (C=O) groups is 2. The van der Waals surface area contributed by atoms with Gasteiger partial charge in [0.15, 0.2) is 0 Å². The Morgan fingerprint density at radius 1 is 1.38 bits per heavy atom. The van der Waals surface area contributed by atoms with Crippen molar-refractivity contribution in [3.8, 4) is 0 Å². The molecule has 1 heterocycles. The molecule has 2 amide bonds. The molecule has 21 heavy (non-hydrogen) atoms. The van der Waals surface area contributed by atoms with Crippen LogP contribution < -0.4 is 16.0 Å². The van der Waals surface area contributed by atoms with Crippen LogP contribution >= 0.6 is 12.4 Å². The van der Waals surface area contributed by atoms with Crippen molar-refractivity contribution in [2.75, 3.05) is 18.4 Å². The monoisotopic (exact) mass is 311 g/mol. The highest BCUT2D eigenvalue weighted by Gasteiger charge is 2.22. The quantitative estimate of drug-likeness (QED) is 0.795. The van der Waals surface area contributed by atoms with Crippen LogP contribution in [-0.4, -0.2) is 30.9 Å². The summed E-state index contributed by atoms with van der Waals surface area (Å²) in [5.41, 5.74) is 2.21. The van der Waals surface area contributed by atoms with E-state index in [4.69, 9.17) is 0 Å². The number of nitrogens with one attached hydrogen (secondary N) is 3. The Kier molecular flexibility index (Phi) is 6.65. The maximum atomic E-state index is 12.1. The third kappa shape index (κ3) is 4.44. The predicted molar refractivity (Wildman–Crippen MR) is 86.1 cm³/mol. The van der Waals surface area contributed by atoms with Crippen LogP contribution in [0.5, 0.6) is 0 Å². The fourth-order valence-electron chi connectivity index (χ4n) is 2.29. The lowest BCUT2D eigenvalue weighted by atomic mass is 10.1. The number of halogens is 1. The van der Waals surface area contributed by atoms with E-state index in [0.29, 0.717) is 17.8 Å². The summed E-state index contributed by atoms with van der Waals surface area (Å²) < 4.78 is 0. The lowest BCUT2D eigenvalue weighted by Gasteiger charge is -2.14. The molecule has 0 bridgehead atoms. The Balaban J connectivity index is 0.00000220. The van der Waals surface area contributed by atoms with Crippen LogP contribution in [0.4, 0.5) is 5.69 Å². The summed E-state index contributed by atoms with van der Waals surface area (Å²) in [5.74, 6) is -0.152. The molecular formula is C15H22ClN3O2. The first-order valence-corrected chi connectivity index (χ1v) is 7.05. The van der Waals surface area contributed by atoms with E-state index in [0.717, 1.165) is 24.9 Å². The topological polar surface area (TPSA) is 70.2 Å². The molecule has 1 fully saturated rings. The van der Waals surface area contributed by atoms with Crippen LogP contribution in [0.2, 0.25) is 0 Å². The van der Waals surface area contributed by atoms with Crippen molar-refractivity contribution in [2.45, 2.75) is 32.7 Å². The number of hydrogen-bond donors (Lipinski definition) is 3. The SMILES string of the molecule is CCNC(=O)c1ccc(C)c(NC(=O)[C@@H]2CCCN2)c1.Cl. The standard InChI is InChI=1S/C15H21N3O2.ClH/c1-3-16-14(19)11-7-6-10(2)13(9-11)18-15(20)12-5-4-8-17-12;/h6-7,9,12,17H,3-5,8H2,1-2H3,(H,16,19)(H,18,20);1H/t12-;/m0./s1. The molecule has 0 unspecified atom stereocenters. The summed E-state index contributed by atoms with van der Waals surface area (Å²) in [6.07, 6.45) is 1.89. The molecule has 5 nitrogen and oxygen atoms in total. The van der Waals surface area contributed by atoms with E-state index in [2.05, 4.69) is 16.0 Å². The minimum Gasteiger partial charge on any atom is -0.352 e. The summed E-state index contributed by atoms with van der Waals surface area (Å²) in [6.45, 7) is 5.26. The average molecular weight is 312 g/mol. The van der Waals surface area contributed by atoms with Crippen molar-refractivity contribution in [2.24, 2.45) is 0 Å². The number of anilines is 1. The zero-order valence-electron chi connectivity index (χ0n) is 12.4. The van der Waals surface area contributed by atoms with Gasteiger partial charge in [-0.05, 0) is 50.9 Å². The maximum Gasteiger partial charge on any atom is 0.251 e. The minimum atomic E-state index is -0.123. The van der Waals surface area contributed by atoms with E-state index in [1.807, 2.05) is 19.9 Å². The van der Waals surface area contributed by atoms with Gasteiger partial charge in [0.25, 0.3) is 5.91 Å². The van der Waals surface area contributed by atoms with E-state index in [1.165, 1.54) is 0 Å². The van der Waals surface area contributed by atoms with Gasteiger partial charge in [-0.25, -0.2) is 0 Å². The Morgan fingerprint density at radius 2 is 2.14 bits per heavy atom. The van der Waals surface area contributed by atoms with Gasteiger partial charge >= 0.3 is 0 Å². The summed E-state index contributed by atoms with van der Waals surface area (Å²) in [6, 6.07) is 5.22. The maximum absolute atomic E-state index is 12.1. The lowest BCUT2D eigenvalue weighted by Crippen LogP contribution is -2.35. The van der Waals surface area contributed by atoms with Gasteiger partial charge in [-0.15, -0.1) is 12.4 Å². The van der Waals surface area contributed by atoms with Gasteiger partial charge in [0.1, 0.15) is 0 Å². The fourth-order valence-corrected chi connectivity index (χ4v) is 2.29. The van der Waals surface area contributed by atoms with E-state index in [1.54, 1.807) is 12.1 Å². The van der Waals surface area contributed by atoms with Crippen molar-refractivity contribution in [3.05, 3.63) is 29.3 Å². The number of carbonyl (C=O) groups excluding carboxylic acids is 2. The first-order valence-electron chi connectivity index (χ1n) is 7.05. The van der Waals surface area contributed by atoms with Crippen molar-refractivity contribution < 1.29 is 9.59 Å². The van der Waals surface area contributed by atoms with Gasteiger partial charge in [0.05, 0.1) is 6.04 Å². The fraction of sp³-hybridized carbons (Fsp3) is 0.467. The first-order chi connectivity index (χ1) is 9.61. The molecule has 6 heteroatoms. The predicted octanol–water partition coefficient (Wildman–Crippen LogP) is 1.86. The largest absolute Gasteiger partial charge is 0.352 e. The van der Waals surface area contributed by atoms with Gasteiger partial charge in [0.2, 0.25) is 5.91 Å². The van der Waals surface area contributed by atoms with Gasteiger partial charge in [-0.2, -0.15) is 0 Å². The molecule has 1 aliphatic heterocycles. The van der Waals surface area contributed by atoms with Crippen LogP contribution in [0.1, 0.15) is 35.7 Å². The van der Waals surface area contributed by atoms with Gasteiger partial charge in [-0.1, -0.05) is 6.07 Å². The summed E-state index contributed by atoms with van der Waals surface area (Å²) in [5, 5.41) is 8.82. The number of amides is 2. The second-order valence-corrected chi connectivity index (χ2v) is 5.03. The van der Waals surface area contributed by atoms with Crippen LogP contribution in [0, 0.1) is 6.92 Å². The molecule has 1 aromatic carbocycles. The molecule has 0 aliphatic carbocycles. The van der Waals surface area contributed by atoms with Crippen molar-refractivity contribution >= 4 is 29.9 Å². The summed E-state index contributed by atoms with van der Waals surface area (Å²) >= 11 is 0. The number of aryl methyl sites for hydroxylation is 1. The van der Waals surface area contributed by atoms with E-state index >= 15 is 0 Å². The van der Waals surface area contributed by atoms with E-state index in [-0.39, 0.29) is 30.3 Å². The van der Waals surface area contributed by atoms with Crippen LogP contribution in [0.3, 0.4) is 0 Å². The molecule has 116 valence electrons. The van der Waals surface area contributed by atoms with E-state index in [9.17, 15) is 9.59 Å². The first kappa shape index (κ1) is 17.5. The smallest absolute Gasteiger partial charge is 0.251 e. The van der Waals surface area contributed by atoms with E-state index < -0.39 is 0 Å². The molecule has 1 aromatic rings. The summed E-state index contributed by atoms with van der Waals surface area (Å²) in [4.78, 5) is 23.9. The Bertz CT molecular complexity index is 514. The highest BCUT2D eigenvalue weighted by Crippen LogP contribution is 2.18. The zero-order valence-corrected chi connectivity index (χ0v) is 13.2. The van der Waals surface area contributed by atoms with Gasteiger partial charge in [0, 0.05) is 17.8 Å². The van der Waals surface area contributed by atoms with Crippen LogP contribution in [0.15, 0.2) is 18.2 Å². The molecule has 1 atom stereocenters. The average Bonchev–Trinajstić information content (AvgIpc) is 2.95. The number of hydrogen-bond acceptors (Lipinski definition) is 3. The second kappa shape index (κ2) is 8.00.